The normalized spacial score (nSPS) is 19.1. The summed E-state index contributed by atoms with van der Waals surface area (Å²) in [7, 11) is 1.59. The Bertz CT molecular complexity index is 411. The summed E-state index contributed by atoms with van der Waals surface area (Å²) in [6, 6.07) is 5.33. The van der Waals surface area contributed by atoms with Crippen molar-refractivity contribution in [3.63, 3.8) is 0 Å². The first-order valence-electron chi connectivity index (χ1n) is 5.64. The highest BCUT2D eigenvalue weighted by molar-refractivity contribution is 7.99. The molecule has 1 aliphatic heterocycles. The molecule has 1 fully saturated rings. The minimum Gasteiger partial charge on any atom is -0.493 e. The zero-order chi connectivity index (χ0) is 12.3. The van der Waals surface area contributed by atoms with Gasteiger partial charge in [-0.1, -0.05) is 0 Å². The van der Waals surface area contributed by atoms with Gasteiger partial charge in [-0.05, 0) is 37.3 Å². The quantitative estimate of drug-likeness (QED) is 0.772. The van der Waals surface area contributed by atoms with Crippen LogP contribution >= 0.6 is 11.8 Å². The minimum absolute atomic E-state index is 0.0336. The number of hydrogen-bond acceptors (Lipinski definition) is 4. The molecule has 0 saturated carbocycles. The van der Waals surface area contributed by atoms with Gasteiger partial charge in [0.25, 0.3) is 0 Å². The summed E-state index contributed by atoms with van der Waals surface area (Å²) in [6.07, 6.45) is 1.33. The topological polar surface area (TPSA) is 35.5 Å². The molecular formula is C13H16O3S. The molecule has 1 saturated heterocycles. The fraction of sp³-hybridized carbons (Fsp3) is 0.462. The van der Waals surface area contributed by atoms with Crippen LogP contribution in [0.25, 0.3) is 0 Å². The third-order valence-corrected chi connectivity index (χ3v) is 3.88. The van der Waals surface area contributed by atoms with E-state index in [1.807, 2.05) is 17.8 Å². The molecule has 0 spiro atoms. The van der Waals surface area contributed by atoms with Crippen LogP contribution < -0.4 is 9.47 Å². The zero-order valence-corrected chi connectivity index (χ0v) is 10.9. The van der Waals surface area contributed by atoms with Crippen LogP contribution in [0.1, 0.15) is 23.7 Å². The lowest BCUT2D eigenvalue weighted by molar-refractivity contribution is 0.101. The number of Topliss-reactive ketones (excluding diaryl/α,β-unsaturated/α-hetero) is 1. The summed E-state index contributed by atoms with van der Waals surface area (Å²) in [5.74, 6) is 3.57. The van der Waals surface area contributed by atoms with Crippen LogP contribution in [0.3, 0.4) is 0 Å². The lowest BCUT2D eigenvalue weighted by Crippen LogP contribution is -2.15. The SMILES string of the molecule is COc1cc(C(C)=O)ccc1OC1CCSC1. The summed E-state index contributed by atoms with van der Waals surface area (Å²) in [5, 5.41) is 0. The van der Waals surface area contributed by atoms with E-state index in [-0.39, 0.29) is 11.9 Å². The molecule has 1 aromatic rings. The van der Waals surface area contributed by atoms with Crippen LogP contribution in [0.5, 0.6) is 11.5 Å². The Hall–Kier alpha value is -1.16. The van der Waals surface area contributed by atoms with Crippen LogP contribution in [0.4, 0.5) is 0 Å². The van der Waals surface area contributed by atoms with E-state index in [1.54, 1.807) is 26.2 Å². The standard InChI is InChI=1S/C13H16O3S/c1-9(14)10-3-4-12(13(7-10)15-2)16-11-5-6-17-8-11/h3-4,7,11H,5-6,8H2,1-2H3. The minimum atomic E-state index is 0.0336. The van der Waals surface area contributed by atoms with Gasteiger partial charge in [-0.2, -0.15) is 11.8 Å². The van der Waals surface area contributed by atoms with E-state index < -0.39 is 0 Å². The van der Waals surface area contributed by atoms with E-state index >= 15 is 0 Å². The molecule has 4 heteroatoms. The van der Waals surface area contributed by atoms with Crippen molar-refractivity contribution >= 4 is 17.5 Å². The lowest BCUT2D eigenvalue weighted by atomic mass is 10.1. The maximum Gasteiger partial charge on any atom is 0.161 e. The first kappa shape index (κ1) is 12.3. The van der Waals surface area contributed by atoms with E-state index in [1.165, 1.54) is 0 Å². The first-order valence-corrected chi connectivity index (χ1v) is 6.79. The molecule has 1 unspecified atom stereocenters. The number of carbonyl (C=O) groups excluding carboxylic acids is 1. The van der Waals surface area contributed by atoms with Crippen molar-refractivity contribution in [1.82, 2.24) is 0 Å². The second-order valence-corrected chi connectivity index (χ2v) is 5.18. The Balaban J connectivity index is 2.18. The van der Waals surface area contributed by atoms with Crippen LogP contribution in [0.15, 0.2) is 18.2 Å². The zero-order valence-electron chi connectivity index (χ0n) is 10.1. The highest BCUT2D eigenvalue weighted by Gasteiger charge is 2.19. The summed E-state index contributed by atoms with van der Waals surface area (Å²) < 4.78 is 11.1. The number of carbonyl (C=O) groups is 1. The molecule has 0 bridgehead atoms. The number of thioether (sulfide) groups is 1. The summed E-state index contributed by atoms with van der Waals surface area (Å²) in [6.45, 7) is 1.54. The smallest absolute Gasteiger partial charge is 0.161 e. The van der Waals surface area contributed by atoms with Crippen molar-refractivity contribution in [2.45, 2.75) is 19.4 Å². The highest BCUT2D eigenvalue weighted by Crippen LogP contribution is 2.31. The van der Waals surface area contributed by atoms with E-state index in [4.69, 9.17) is 9.47 Å². The van der Waals surface area contributed by atoms with Crippen LogP contribution in [0, 0.1) is 0 Å². The molecule has 0 amide bonds. The van der Waals surface area contributed by atoms with E-state index in [0.717, 1.165) is 23.7 Å². The molecule has 1 atom stereocenters. The van der Waals surface area contributed by atoms with Gasteiger partial charge in [-0.3, -0.25) is 4.79 Å². The largest absolute Gasteiger partial charge is 0.493 e. The molecule has 17 heavy (non-hydrogen) atoms. The van der Waals surface area contributed by atoms with E-state index in [2.05, 4.69) is 0 Å². The van der Waals surface area contributed by atoms with Crippen molar-refractivity contribution < 1.29 is 14.3 Å². The Morgan fingerprint density at radius 2 is 2.24 bits per heavy atom. The predicted molar refractivity (Wildman–Crippen MR) is 69.4 cm³/mol. The van der Waals surface area contributed by atoms with Gasteiger partial charge < -0.3 is 9.47 Å². The number of rotatable bonds is 4. The maximum atomic E-state index is 11.3. The number of ether oxygens (including phenoxy) is 2. The predicted octanol–water partition coefficient (Wildman–Crippen LogP) is 2.78. The van der Waals surface area contributed by atoms with Gasteiger partial charge in [0.15, 0.2) is 17.3 Å². The van der Waals surface area contributed by atoms with Gasteiger partial charge in [0.1, 0.15) is 6.10 Å². The molecule has 1 aromatic carbocycles. The Morgan fingerprint density at radius 1 is 1.41 bits per heavy atom. The lowest BCUT2D eigenvalue weighted by Gasteiger charge is -2.15. The van der Waals surface area contributed by atoms with Gasteiger partial charge in [-0.15, -0.1) is 0 Å². The highest BCUT2D eigenvalue weighted by atomic mass is 32.2. The molecule has 3 nitrogen and oxygen atoms in total. The van der Waals surface area contributed by atoms with Crippen molar-refractivity contribution in [2.75, 3.05) is 18.6 Å². The monoisotopic (exact) mass is 252 g/mol. The second kappa shape index (κ2) is 5.45. The Labute approximate surface area is 105 Å². The van der Waals surface area contributed by atoms with E-state index in [9.17, 15) is 4.79 Å². The summed E-state index contributed by atoms with van der Waals surface area (Å²) >= 11 is 1.90. The average Bonchev–Trinajstić information content (AvgIpc) is 2.82. The van der Waals surface area contributed by atoms with Crippen LogP contribution in [-0.2, 0) is 0 Å². The molecule has 1 aliphatic rings. The Morgan fingerprint density at radius 3 is 2.82 bits per heavy atom. The third kappa shape index (κ3) is 2.94. The first-order chi connectivity index (χ1) is 8.20. The molecular weight excluding hydrogens is 236 g/mol. The van der Waals surface area contributed by atoms with E-state index in [0.29, 0.717) is 11.3 Å². The third-order valence-electron chi connectivity index (χ3n) is 2.75. The fourth-order valence-corrected chi connectivity index (χ4v) is 2.86. The molecule has 1 heterocycles. The second-order valence-electron chi connectivity index (χ2n) is 4.03. The molecule has 0 N–H and O–H groups in total. The van der Waals surface area contributed by atoms with Crippen molar-refractivity contribution in [2.24, 2.45) is 0 Å². The average molecular weight is 252 g/mol. The van der Waals surface area contributed by atoms with Gasteiger partial charge in [0.05, 0.1) is 7.11 Å². The Kier molecular flexibility index (Phi) is 3.94. The van der Waals surface area contributed by atoms with Gasteiger partial charge in [0.2, 0.25) is 0 Å². The molecule has 0 aromatic heterocycles. The maximum absolute atomic E-state index is 11.3. The van der Waals surface area contributed by atoms with Gasteiger partial charge >= 0.3 is 0 Å². The van der Waals surface area contributed by atoms with Crippen molar-refractivity contribution in [3.8, 4) is 11.5 Å². The van der Waals surface area contributed by atoms with Crippen LogP contribution in [0.2, 0.25) is 0 Å². The molecule has 92 valence electrons. The van der Waals surface area contributed by atoms with Gasteiger partial charge in [-0.25, -0.2) is 0 Å². The van der Waals surface area contributed by atoms with Crippen molar-refractivity contribution in [1.29, 1.82) is 0 Å². The molecule has 0 aliphatic carbocycles. The summed E-state index contributed by atoms with van der Waals surface area (Å²) in [5.41, 5.74) is 0.648. The number of ketones is 1. The molecule has 2 rings (SSSR count). The number of methoxy groups -OCH3 is 1. The number of hydrogen-bond donors (Lipinski definition) is 0. The molecule has 0 radical (unpaired) electrons. The van der Waals surface area contributed by atoms with Crippen molar-refractivity contribution in [3.05, 3.63) is 23.8 Å². The summed E-state index contributed by atoms with van der Waals surface area (Å²) in [4.78, 5) is 11.3. The van der Waals surface area contributed by atoms with Gasteiger partial charge in [0, 0.05) is 11.3 Å². The van der Waals surface area contributed by atoms with Crippen LogP contribution in [-0.4, -0.2) is 30.5 Å². The number of benzene rings is 1. The fourth-order valence-electron chi connectivity index (χ4n) is 1.77.